The number of carbonyl (C=O) groups is 1. The second-order valence-corrected chi connectivity index (χ2v) is 4.85. The number of anilines is 1. The van der Waals surface area contributed by atoms with Crippen molar-refractivity contribution in [1.29, 1.82) is 0 Å². The van der Waals surface area contributed by atoms with Crippen molar-refractivity contribution in [3.63, 3.8) is 0 Å². The summed E-state index contributed by atoms with van der Waals surface area (Å²) in [4.78, 5) is 12.1. The molecule has 0 aliphatic heterocycles. The van der Waals surface area contributed by atoms with Gasteiger partial charge in [0.15, 0.2) is 0 Å². The van der Waals surface area contributed by atoms with Crippen LogP contribution in [0.4, 0.5) is 5.69 Å². The lowest BCUT2D eigenvalue weighted by molar-refractivity contribution is 0.0211. The third-order valence-corrected chi connectivity index (χ3v) is 3.38. The second kappa shape index (κ2) is 6.45. The highest BCUT2D eigenvalue weighted by molar-refractivity contribution is 5.90. The predicted octanol–water partition coefficient (Wildman–Crippen LogP) is 3.16. The number of hydrogen-bond donors (Lipinski definition) is 1. The molecule has 1 aliphatic carbocycles. The van der Waals surface area contributed by atoms with Crippen LogP contribution in [0, 0.1) is 0 Å². The molecule has 2 N–H and O–H groups in total. The summed E-state index contributed by atoms with van der Waals surface area (Å²) >= 11 is 0. The van der Waals surface area contributed by atoms with Crippen molar-refractivity contribution >= 4 is 11.7 Å². The van der Waals surface area contributed by atoms with E-state index in [1.165, 1.54) is 6.42 Å². The summed E-state index contributed by atoms with van der Waals surface area (Å²) in [6.07, 6.45) is 5.53. The van der Waals surface area contributed by atoms with Gasteiger partial charge in [-0.05, 0) is 50.8 Å². The molecule has 1 fully saturated rings. The fourth-order valence-electron chi connectivity index (χ4n) is 2.34. The maximum absolute atomic E-state index is 12.1. The van der Waals surface area contributed by atoms with Crippen LogP contribution < -0.4 is 10.5 Å². The molecule has 0 heterocycles. The van der Waals surface area contributed by atoms with Gasteiger partial charge < -0.3 is 15.2 Å². The maximum Gasteiger partial charge on any atom is 0.338 e. The molecule has 1 aliphatic rings. The van der Waals surface area contributed by atoms with E-state index in [1.807, 2.05) is 6.92 Å². The smallest absolute Gasteiger partial charge is 0.338 e. The Labute approximate surface area is 113 Å². The van der Waals surface area contributed by atoms with Gasteiger partial charge in [0.2, 0.25) is 0 Å². The fourth-order valence-corrected chi connectivity index (χ4v) is 2.34. The van der Waals surface area contributed by atoms with E-state index in [0.29, 0.717) is 23.6 Å². The Bertz CT molecular complexity index is 439. The van der Waals surface area contributed by atoms with Crippen molar-refractivity contribution in [2.24, 2.45) is 0 Å². The predicted molar refractivity (Wildman–Crippen MR) is 74.3 cm³/mol. The van der Waals surface area contributed by atoms with Gasteiger partial charge in [-0.1, -0.05) is 6.42 Å². The first kappa shape index (κ1) is 13.7. The molecule has 0 amide bonds. The molecule has 0 unspecified atom stereocenters. The SMILES string of the molecule is CCOc1cc(C(=O)OC2CCCCC2)ccc1N. The quantitative estimate of drug-likeness (QED) is 0.669. The molecule has 1 aromatic rings. The molecule has 19 heavy (non-hydrogen) atoms. The van der Waals surface area contributed by atoms with Crippen LogP contribution in [0.1, 0.15) is 49.4 Å². The first-order valence-corrected chi connectivity index (χ1v) is 6.94. The van der Waals surface area contributed by atoms with Crippen molar-refractivity contribution in [1.82, 2.24) is 0 Å². The van der Waals surface area contributed by atoms with E-state index in [0.717, 1.165) is 25.7 Å². The Morgan fingerprint density at radius 3 is 2.74 bits per heavy atom. The topological polar surface area (TPSA) is 61.5 Å². The Morgan fingerprint density at radius 2 is 2.05 bits per heavy atom. The average molecular weight is 263 g/mol. The van der Waals surface area contributed by atoms with E-state index >= 15 is 0 Å². The number of nitrogen functional groups attached to an aromatic ring is 1. The Kier molecular flexibility index (Phi) is 4.66. The fraction of sp³-hybridized carbons (Fsp3) is 0.533. The Morgan fingerprint density at radius 1 is 1.32 bits per heavy atom. The number of esters is 1. The number of benzene rings is 1. The summed E-state index contributed by atoms with van der Waals surface area (Å²) in [7, 11) is 0. The third kappa shape index (κ3) is 3.63. The van der Waals surface area contributed by atoms with Crippen LogP contribution in [0.5, 0.6) is 5.75 Å². The molecule has 104 valence electrons. The van der Waals surface area contributed by atoms with Crippen molar-refractivity contribution in [3.8, 4) is 5.75 Å². The van der Waals surface area contributed by atoms with Gasteiger partial charge in [-0.15, -0.1) is 0 Å². The number of rotatable bonds is 4. The summed E-state index contributed by atoms with van der Waals surface area (Å²) in [5.74, 6) is 0.258. The summed E-state index contributed by atoms with van der Waals surface area (Å²) in [5.41, 5.74) is 6.82. The van der Waals surface area contributed by atoms with Crippen LogP contribution in [0.25, 0.3) is 0 Å². The Hall–Kier alpha value is -1.71. The molecule has 2 rings (SSSR count). The monoisotopic (exact) mass is 263 g/mol. The van der Waals surface area contributed by atoms with Crippen LogP contribution in [0.15, 0.2) is 18.2 Å². The molecule has 0 aromatic heterocycles. The van der Waals surface area contributed by atoms with Crippen molar-refractivity contribution in [2.75, 3.05) is 12.3 Å². The lowest BCUT2D eigenvalue weighted by atomic mass is 9.98. The Balaban J connectivity index is 2.03. The number of ether oxygens (including phenoxy) is 2. The molecule has 0 saturated heterocycles. The van der Waals surface area contributed by atoms with Crippen molar-refractivity contribution < 1.29 is 14.3 Å². The zero-order valence-corrected chi connectivity index (χ0v) is 11.4. The van der Waals surface area contributed by atoms with Gasteiger partial charge >= 0.3 is 5.97 Å². The molecule has 1 aromatic carbocycles. The summed E-state index contributed by atoms with van der Waals surface area (Å²) in [6.45, 7) is 2.40. The average Bonchev–Trinajstić information content (AvgIpc) is 2.42. The van der Waals surface area contributed by atoms with Crippen molar-refractivity contribution in [2.45, 2.75) is 45.1 Å². The van der Waals surface area contributed by atoms with Gasteiger partial charge in [-0.25, -0.2) is 4.79 Å². The molecule has 0 atom stereocenters. The number of carbonyl (C=O) groups excluding carboxylic acids is 1. The van der Waals surface area contributed by atoms with E-state index < -0.39 is 0 Å². The van der Waals surface area contributed by atoms with E-state index in [4.69, 9.17) is 15.2 Å². The van der Waals surface area contributed by atoms with E-state index in [9.17, 15) is 4.79 Å². The molecule has 4 heteroatoms. The molecular weight excluding hydrogens is 242 g/mol. The standard InChI is InChI=1S/C15H21NO3/c1-2-18-14-10-11(8-9-13(14)16)15(17)19-12-6-4-3-5-7-12/h8-10,12H,2-7,16H2,1H3. The van der Waals surface area contributed by atoms with Gasteiger partial charge in [0.25, 0.3) is 0 Å². The zero-order valence-electron chi connectivity index (χ0n) is 11.4. The van der Waals surface area contributed by atoms with Gasteiger partial charge in [-0.2, -0.15) is 0 Å². The molecule has 0 spiro atoms. The minimum Gasteiger partial charge on any atom is -0.492 e. The third-order valence-electron chi connectivity index (χ3n) is 3.38. The van der Waals surface area contributed by atoms with Crippen LogP contribution in [0.2, 0.25) is 0 Å². The van der Waals surface area contributed by atoms with Crippen molar-refractivity contribution in [3.05, 3.63) is 23.8 Å². The van der Waals surface area contributed by atoms with E-state index in [2.05, 4.69) is 0 Å². The van der Waals surface area contributed by atoms with Gasteiger partial charge in [0.05, 0.1) is 17.9 Å². The molecule has 4 nitrogen and oxygen atoms in total. The highest BCUT2D eigenvalue weighted by atomic mass is 16.5. The minimum absolute atomic E-state index is 0.0642. The second-order valence-electron chi connectivity index (χ2n) is 4.85. The summed E-state index contributed by atoms with van der Waals surface area (Å²) in [5, 5.41) is 0. The molecule has 1 saturated carbocycles. The van der Waals surface area contributed by atoms with Crippen LogP contribution in [0.3, 0.4) is 0 Å². The van der Waals surface area contributed by atoms with Crippen LogP contribution in [-0.4, -0.2) is 18.7 Å². The number of hydrogen-bond acceptors (Lipinski definition) is 4. The highest BCUT2D eigenvalue weighted by Crippen LogP contribution is 2.25. The largest absolute Gasteiger partial charge is 0.492 e. The van der Waals surface area contributed by atoms with E-state index in [-0.39, 0.29) is 12.1 Å². The molecular formula is C15H21NO3. The highest BCUT2D eigenvalue weighted by Gasteiger charge is 2.19. The van der Waals surface area contributed by atoms with Gasteiger partial charge in [0.1, 0.15) is 11.9 Å². The first-order valence-electron chi connectivity index (χ1n) is 6.94. The van der Waals surface area contributed by atoms with E-state index in [1.54, 1.807) is 18.2 Å². The van der Waals surface area contributed by atoms with Crippen LogP contribution in [-0.2, 0) is 4.74 Å². The molecule has 0 bridgehead atoms. The first-order chi connectivity index (χ1) is 9.20. The summed E-state index contributed by atoms with van der Waals surface area (Å²) < 4.78 is 10.9. The van der Waals surface area contributed by atoms with Crippen LogP contribution >= 0.6 is 0 Å². The summed E-state index contributed by atoms with van der Waals surface area (Å²) in [6, 6.07) is 5.02. The minimum atomic E-state index is -0.284. The maximum atomic E-state index is 12.1. The normalized spacial score (nSPS) is 16.1. The van der Waals surface area contributed by atoms with Gasteiger partial charge in [0, 0.05) is 0 Å². The zero-order chi connectivity index (χ0) is 13.7. The lowest BCUT2D eigenvalue weighted by Gasteiger charge is -2.22. The lowest BCUT2D eigenvalue weighted by Crippen LogP contribution is -2.21. The van der Waals surface area contributed by atoms with Gasteiger partial charge in [-0.3, -0.25) is 0 Å². The molecule has 0 radical (unpaired) electrons. The number of nitrogens with two attached hydrogens (primary N) is 1.